The van der Waals surface area contributed by atoms with Crippen LogP contribution in [0.25, 0.3) is 0 Å². The molecule has 1 spiro atoms. The normalized spacial score (nSPS) is 17.0. The molecule has 4 heterocycles. The maximum Gasteiger partial charge on any atom is 0.490 e. The summed E-state index contributed by atoms with van der Waals surface area (Å²) in [7, 11) is 1.88. The van der Waals surface area contributed by atoms with Crippen molar-refractivity contribution in [1.29, 1.82) is 0 Å². The van der Waals surface area contributed by atoms with Crippen molar-refractivity contribution < 1.29 is 32.7 Å². The van der Waals surface area contributed by atoms with E-state index in [1.807, 2.05) is 39.7 Å². The minimum Gasteiger partial charge on any atom is -0.475 e. The van der Waals surface area contributed by atoms with Gasteiger partial charge in [0, 0.05) is 57.2 Å². The Bertz CT molecular complexity index is 968. The number of aryl methyl sites for hydroxylation is 1. The number of likely N-dealkylation sites (tertiary alicyclic amines) is 2. The van der Waals surface area contributed by atoms with Crippen molar-refractivity contribution in [3.63, 3.8) is 0 Å². The maximum absolute atomic E-state index is 12.5. The molecule has 166 valence electrons. The lowest BCUT2D eigenvalue weighted by atomic mass is 9.79. The number of hydrogen-bond acceptors (Lipinski definition) is 4. The van der Waals surface area contributed by atoms with E-state index in [9.17, 15) is 22.8 Å². The summed E-state index contributed by atoms with van der Waals surface area (Å²) in [5, 5.41) is 7.12. The average Bonchev–Trinajstić information content (AvgIpc) is 3.33. The first-order valence-electron chi connectivity index (χ1n) is 9.42. The van der Waals surface area contributed by atoms with Crippen molar-refractivity contribution in [3.8, 4) is 0 Å². The number of amides is 2. The SMILES string of the molecule is Cn1cccc1C(=O)N1CC2(CCN(C(=O)c3cccnc3)C2)C1.O=C(O)C(F)(F)F. The third-order valence-electron chi connectivity index (χ3n) is 5.38. The fraction of sp³-hybridized carbons (Fsp3) is 0.400. The van der Waals surface area contributed by atoms with E-state index in [1.54, 1.807) is 24.5 Å². The van der Waals surface area contributed by atoms with Gasteiger partial charge < -0.3 is 19.5 Å². The van der Waals surface area contributed by atoms with E-state index >= 15 is 0 Å². The van der Waals surface area contributed by atoms with Gasteiger partial charge in [-0.2, -0.15) is 13.2 Å². The molecule has 2 saturated heterocycles. The number of carboxylic acids is 1. The number of rotatable bonds is 2. The van der Waals surface area contributed by atoms with E-state index in [0.29, 0.717) is 11.3 Å². The molecule has 8 nitrogen and oxygen atoms in total. The molecule has 2 amide bonds. The Kier molecular flexibility index (Phi) is 6.05. The molecule has 31 heavy (non-hydrogen) atoms. The molecule has 4 rings (SSSR count). The van der Waals surface area contributed by atoms with Gasteiger partial charge in [0.2, 0.25) is 0 Å². The Morgan fingerprint density at radius 2 is 1.71 bits per heavy atom. The van der Waals surface area contributed by atoms with Gasteiger partial charge >= 0.3 is 12.1 Å². The number of carbonyl (C=O) groups is 3. The number of nitrogens with zero attached hydrogens (tertiary/aromatic N) is 4. The molecule has 2 aromatic heterocycles. The van der Waals surface area contributed by atoms with E-state index < -0.39 is 12.1 Å². The van der Waals surface area contributed by atoms with Gasteiger partial charge in [-0.15, -0.1) is 0 Å². The molecule has 0 aliphatic carbocycles. The molecule has 2 aliphatic rings. The van der Waals surface area contributed by atoms with Crippen molar-refractivity contribution >= 4 is 17.8 Å². The van der Waals surface area contributed by atoms with Gasteiger partial charge in [0.25, 0.3) is 11.8 Å². The van der Waals surface area contributed by atoms with Crippen LogP contribution in [0.2, 0.25) is 0 Å². The number of carboxylic acid groups (broad SMARTS) is 1. The van der Waals surface area contributed by atoms with Crippen LogP contribution >= 0.6 is 0 Å². The molecule has 0 saturated carbocycles. The van der Waals surface area contributed by atoms with Crippen molar-refractivity contribution in [1.82, 2.24) is 19.4 Å². The number of halogens is 3. The lowest BCUT2D eigenvalue weighted by Gasteiger charge is -2.47. The standard InChI is InChI=1S/C18H20N4O2.C2HF3O2/c1-20-8-3-5-15(20)17(24)22-12-18(13-22)6-9-21(11-18)16(23)14-4-2-7-19-10-14;3-2(4,5)1(6)7/h2-5,7-8,10H,6,9,11-13H2,1H3;(H,6,7). The van der Waals surface area contributed by atoms with Crippen LogP contribution in [-0.2, 0) is 11.8 Å². The van der Waals surface area contributed by atoms with E-state index in [0.717, 1.165) is 32.6 Å². The van der Waals surface area contributed by atoms with Crippen LogP contribution < -0.4 is 0 Å². The lowest BCUT2D eigenvalue weighted by molar-refractivity contribution is -0.192. The fourth-order valence-electron chi connectivity index (χ4n) is 3.79. The van der Waals surface area contributed by atoms with Crippen LogP contribution in [0.1, 0.15) is 27.3 Å². The van der Waals surface area contributed by atoms with E-state index in [4.69, 9.17) is 9.90 Å². The van der Waals surface area contributed by atoms with Gasteiger partial charge in [0.05, 0.1) is 5.56 Å². The first-order chi connectivity index (χ1) is 14.5. The first-order valence-corrected chi connectivity index (χ1v) is 9.42. The summed E-state index contributed by atoms with van der Waals surface area (Å²) in [5.74, 6) is -2.65. The van der Waals surface area contributed by atoms with E-state index in [-0.39, 0.29) is 17.2 Å². The third-order valence-corrected chi connectivity index (χ3v) is 5.38. The minimum atomic E-state index is -5.08. The molecule has 2 fully saturated rings. The van der Waals surface area contributed by atoms with Gasteiger partial charge in [-0.25, -0.2) is 4.79 Å². The monoisotopic (exact) mass is 438 g/mol. The Labute approximate surface area is 175 Å². The number of alkyl halides is 3. The molecule has 2 aromatic rings. The topological polar surface area (TPSA) is 95.7 Å². The highest BCUT2D eigenvalue weighted by atomic mass is 19.4. The highest BCUT2D eigenvalue weighted by Crippen LogP contribution is 2.40. The van der Waals surface area contributed by atoms with Gasteiger partial charge in [0.15, 0.2) is 0 Å². The Balaban J connectivity index is 0.000000339. The number of aromatic nitrogens is 2. The summed E-state index contributed by atoms with van der Waals surface area (Å²) in [4.78, 5) is 41.7. The van der Waals surface area contributed by atoms with Gasteiger partial charge in [-0.05, 0) is 30.7 Å². The zero-order chi connectivity index (χ0) is 22.8. The van der Waals surface area contributed by atoms with Crippen molar-refractivity contribution in [2.45, 2.75) is 12.6 Å². The van der Waals surface area contributed by atoms with Crippen molar-refractivity contribution in [2.24, 2.45) is 12.5 Å². The average molecular weight is 438 g/mol. The molecule has 0 atom stereocenters. The second-order valence-electron chi connectivity index (χ2n) is 7.69. The summed E-state index contributed by atoms with van der Waals surface area (Å²) >= 11 is 0. The second kappa shape index (κ2) is 8.40. The summed E-state index contributed by atoms with van der Waals surface area (Å²) in [6, 6.07) is 7.31. The Morgan fingerprint density at radius 3 is 2.23 bits per heavy atom. The number of hydrogen-bond donors (Lipinski definition) is 1. The minimum absolute atomic E-state index is 0.0344. The number of carbonyl (C=O) groups excluding carboxylic acids is 2. The van der Waals surface area contributed by atoms with Crippen LogP contribution in [0.15, 0.2) is 42.9 Å². The molecule has 1 N–H and O–H groups in total. The predicted molar refractivity (Wildman–Crippen MR) is 102 cm³/mol. The molecule has 0 unspecified atom stereocenters. The molecule has 0 radical (unpaired) electrons. The van der Waals surface area contributed by atoms with Crippen molar-refractivity contribution in [2.75, 3.05) is 26.2 Å². The highest BCUT2D eigenvalue weighted by Gasteiger charge is 2.50. The summed E-state index contributed by atoms with van der Waals surface area (Å²) in [6.45, 7) is 2.93. The van der Waals surface area contributed by atoms with Crippen LogP contribution in [0.4, 0.5) is 13.2 Å². The summed E-state index contributed by atoms with van der Waals surface area (Å²) in [6.07, 6.45) is 1.03. The smallest absolute Gasteiger partial charge is 0.475 e. The quantitative estimate of drug-likeness (QED) is 0.774. The highest BCUT2D eigenvalue weighted by molar-refractivity contribution is 5.95. The molecule has 2 aliphatic heterocycles. The number of pyridine rings is 1. The summed E-state index contributed by atoms with van der Waals surface area (Å²) < 4.78 is 33.6. The van der Waals surface area contributed by atoms with Gasteiger partial charge in [-0.1, -0.05) is 0 Å². The van der Waals surface area contributed by atoms with Gasteiger partial charge in [0.1, 0.15) is 5.69 Å². The van der Waals surface area contributed by atoms with Crippen LogP contribution in [0.5, 0.6) is 0 Å². The first kappa shape index (κ1) is 22.3. The molecule has 0 bridgehead atoms. The largest absolute Gasteiger partial charge is 0.490 e. The van der Waals surface area contributed by atoms with Gasteiger partial charge in [-0.3, -0.25) is 14.6 Å². The lowest BCUT2D eigenvalue weighted by Crippen LogP contribution is -2.59. The molecule has 11 heteroatoms. The van der Waals surface area contributed by atoms with E-state index in [1.165, 1.54) is 0 Å². The fourth-order valence-corrected chi connectivity index (χ4v) is 3.79. The number of aliphatic carboxylic acids is 1. The van der Waals surface area contributed by atoms with Crippen LogP contribution in [-0.4, -0.2) is 74.6 Å². The Hall–Kier alpha value is -3.37. The molecular formula is C20H21F3N4O4. The zero-order valence-electron chi connectivity index (χ0n) is 16.7. The van der Waals surface area contributed by atoms with Crippen LogP contribution in [0.3, 0.4) is 0 Å². The molecule has 0 aromatic carbocycles. The van der Waals surface area contributed by atoms with Crippen LogP contribution in [0, 0.1) is 5.41 Å². The predicted octanol–water partition coefficient (Wildman–Crippen LogP) is 2.04. The summed E-state index contributed by atoms with van der Waals surface area (Å²) in [5.41, 5.74) is 1.41. The Morgan fingerprint density at radius 1 is 1.06 bits per heavy atom. The third kappa shape index (κ3) is 4.86. The molecular weight excluding hydrogens is 417 g/mol. The maximum atomic E-state index is 12.5. The van der Waals surface area contributed by atoms with Crippen molar-refractivity contribution in [3.05, 3.63) is 54.1 Å². The second-order valence-corrected chi connectivity index (χ2v) is 7.69. The van der Waals surface area contributed by atoms with E-state index in [2.05, 4.69) is 4.98 Å². The zero-order valence-corrected chi connectivity index (χ0v) is 16.7.